The zero-order valence-corrected chi connectivity index (χ0v) is 11.0. The van der Waals surface area contributed by atoms with Gasteiger partial charge in [-0.1, -0.05) is 6.07 Å². The second-order valence-corrected chi connectivity index (χ2v) is 5.62. The van der Waals surface area contributed by atoms with Crippen molar-refractivity contribution in [3.8, 4) is 5.75 Å². The molecular weight excluding hydrogens is 246 g/mol. The van der Waals surface area contributed by atoms with E-state index in [0.717, 1.165) is 34.9 Å². The first-order valence-electron chi connectivity index (χ1n) is 6.07. The van der Waals surface area contributed by atoms with E-state index < -0.39 is 0 Å². The standard InChI is InChI=1S/C14H15NO2S/c1-9-15-11(8-18-9)7-17-12-3-4-13-10(6-12)2-5-14(13)16/h3-4,6,8,14,16H,2,5,7H2,1H3. The second-order valence-electron chi connectivity index (χ2n) is 4.56. The molecular formula is C14H15NO2S. The highest BCUT2D eigenvalue weighted by molar-refractivity contribution is 7.09. The van der Waals surface area contributed by atoms with Gasteiger partial charge in [-0.25, -0.2) is 4.98 Å². The minimum atomic E-state index is -0.296. The number of aromatic nitrogens is 1. The van der Waals surface area contributed by atoms with Crippen LogP contribution in [0.2, 0.25) is 0 Å². The average Bonchev–Trinajstić information content (AvgIpc) is 2.94. The van der Waals surface area contributed by atoms with Gasteiger partial charge < -0.3 is 9.84 Å². The van der Waals surface area contributed by atoms with Gasteiger partial charge in [-0.3, -0.25) is 0 Å². The van der Waals surface area contributed by atoms with Crippen molar-refractivity contribution >= 4 is 11.3 Å². The Labute approximate surface area is 110 Å². The third kappa shape index (κ3) is 2.26. The van der Waals surface area contributed by atoms with E-state index >= 15 is 0 Å². The number of rotatable bonds is 3. The first-order chi connectivity index (χ1) is 8.72. The number of aryl methyl sites for hydroxylation is 2. The first kappa shape index (κ1) is 11.7. The van der Waals surface area contributed by atoms with Crippen molar-refractivity contribution in [2.24, 2.45) is 0 Å². The molecule has 0 saturated heterocycles. The largest absolute Gasteiger partial charge is 0.487 e. The Hall–Kier alpha value is -1.39. The molecule has 1 aromatic carbocycles. The molecule has 1 heterocycles. The molecule has 1 aliphatic rings. The fraction of sp³-hybridized carbons (Fsp3) is 0.357. The number of hydrogen-bond donors (Lipinski definition) is 1. The van der Waals surface area contributed by atoms with Gasteiger partial charge in [0.15, 0.2) is 0 Å². The van der Waals surface area contributed by atoms with Crippen LogP contribution in [0.5, 0.6) is 5.75 Å². The molecule has 1 unspecified atom stereocenters. The summed E-state index contributed by atoms with van der Waals surface area (Å²) in [6, 6.07) is 5.92. The van der Waals surface area contributed by atoms with Crippen LogP contribution in [-0.4, -0.2) is 10.1 Å². The Morgan fingerprint density at radius 1 is 1.50 bits per heavy atom. The number of thiazole rings is 1. The van der Waals surface area contributed by atoms with Crippen molar-refractivity contribution in [3.63, 3.8) is 0 Å². The van der Waals surface area contributed by atoms with Gasteiger partial charge in [0.25, 0.3) is 0 Å². The van der Waals surface area contributed by atoms with Gasteiger partial charge in [-0.2, -0.15) is 0 Å². The van der Waals surface area contributed by atoms with Crippen LogP contribution in [0, 0.1) is 6.92 Å². The molecule has 0 aliphatic heterocycles. The minimum Gasteiger partial charge on any atom is -0.487 e. The Morgan fingerprint density at radius 2 is 2.39 bits per heavy atom. The first-order valence-corrected chi connectivity index (χ1v) is 6.95. The summed E-state index contributed by atoms with van der Waals surface area (Å²) in [7, 11) is 0. The van der Waals surface area contributed by atoms with E-state index in [1.54, 1.807) is 11.3 Å². The lowest BCUT2D eigenvalue weighted by Crippen LogP contribution is -1.97. The molecule has 3 rings (SSSR count). The normalized spacial score (nSPS) is 17.8. The Kier molecular flexibility index (Phi) is 3.06. The summed E-state index contributed by atoms with van der Waals surface area (Å²) in [4.78, 5) is 4.36. The number of ether oxygens (including phenoxy) is 1. The lowest BCUT2D eigenvalue weighted by atomic mass is 10.1. The summed E-state index contributed by atoms with van der Waals surface area (Å²) < 4.78 is 5.73. The number of aliphatic hydroxyl groups is 1. The predicted octanol–water partition coefficient (Wildman–Crippen LogP) is 3.01. The van der Waals surface area contributed by atoms with Gasteiger partial charge >= 0.3 is 0 Å². The predicted molar refractivity (Wildman–Crippen MR) is 70.9 cm³/mol. The molecule has 94 valence electrons. The summed E-state index contributed by atoms with van der Waals surface area (Å²) in [5.41, 5.74) is 3.22. The van der Waals surface area contributed by atoms with E-state index in [-0.39, 0.29) is 6.10 Å². The van der Waals surface area contributed by atoms with Crippen molar-refractivity contribution in [1.82, 2.24) is 4.98 Å². The van der Waals surface area contributed by atoms with Crippen LogP contribution in [0.1, 0.15) is 34.4 Å². The fourth-order valence-corrected chi connectivity index (χ4v) is 2.89. The summed E-state index contributed by atoms with van der Waals surface area (Å²) in [6.07, 6.45) is 1.46. The zero-order valence-electron chi connectivity index (χ0n) is 10.2. The third-order valence-corrected chi connectivity index (χ3v) is 4.04. The van der Waals surface area contributed by atoms with Crippen molar-refractivity contribution in [2.45, 2.75) is 32.5 Å². The average molecular weight is 261 g/mol. The number of aliphatic hydroxyl groups excluding tert-OH is 1. The monoisotopic (exact) mass is 261 g/mol. The molecule has 1 aromatic heterocycles. The van der Waals surface area contributed by atoms with Crippen LogP contribution < -0.4 is 4.74 Å². The minimum absolute atomic E-state index is 0.296. The highest BCUT2D eigenvalue weighted by atomic mass is 32.1. The van der Waals surface area contributed by atoms with Crippen LogP contribution in [0.25, 0.3) is 0 Å². The molecule has 1 atom stereocenters. The van der Waals surface area contributed by atoms with Crippen LogP contribution in [-0.2, 0) is 13.0 Å². The third-order valence-electron chi connectivity index (χ3n) is 3.21. The molecule has 1 N–H and O–H groups in total. The van der Waals surface area contributed by atoms with E-state index in [1.165, 1.54) is 5.56 Å². The highest BCUT2D eigenvalue weighted by Crippen LogP contribution is 2.33. The van der Waals surface area contributed by atoms with E-state index in [1.807, 2.05) is 30.5 Å². The van der Waals surface area contributed by atoms with Gasteiger partial charge in [0.05, 0.1) is 16.8 Å². The van der Waals surface area contributed by atoms with E-state index in [2.05, 4.69) is 4.98 Å². The zero-order chi connectivity index (χ0) is 12.5. The molecule has 0 bridgehead atoms. The van der Waals surface area contributed by atoms with Gasteiger partial charge in [-0.15, -0.1) is 11.3 Å². The van der Waals surface area contributed by atoms with Crippen molar-refractivity contribution in [1.29, 1.82) is 0 Å². The van der Waals surface area contributed by atoms with Gasteiger partial charge in [0.2, 0.25) is 0 Å². The topological polar surface area (TPSA) is 42.4 Å². The molecule has 1 aliphatic carbocycles. The summed E-state index contributed by atoms with van der Waals surface area (Å²) in [5.74, 6) is 0.855. The SMILES string of the molecule is Cc1nc(COc2ccc3c(c2)CCC3O)cs1. The molecule has 0 spiro atoms. The number of hydrogen-bond acceptors (Lipinski definition) is 4. The quantitative estimate of drug-likeness (QED) is 0.923. The van der Waals surface area contributed by atoms with Gasteiger partial charge in [0, 0.05) is 5.38 Å². The van der Waals surface area contributed by atoms with Crippen LogP contribution >= 0.6 is 11.3 Å². The maximum absolute atomic E-state index is 9.73. The molecule has 3 nitrogen and oxygen atoms in total. The van der Waals surface area contributed by atoms with Crippen molar-refractivity contribution in [2.75, 3.05) is 0 Å². The summed E-state index contributed by atoms with van der Waals surface area (Å²) >= 11 is 1.64. The summed E-state index contributed by atoms with van der Waals surface area (Å²) in [6.45, 7) is 2.50. The molecule has 2 aromatic rings. The van der Waals surface area contributed by atoms with E-state index in [9.17, 15) is 5.11 Å². The van der Waals surface area contributed by atoms with Crippen LogP contribution in [0.15, 0.2) is 23.6 Å². The van der Waals surface area contributed by atoms with Gasteiger partial charge in [0.1, 0.15) is 12.4 Å². The van der Waals surface area contributed by atoms with E-state index in [4.69, 9.17) is 4.74 Å². The molecule has 0 saturated carbocycles. The molecule has 0 amide bonds. The Balaban J connectivity index is 1.70. The second kappa shape index (κ2) is 4.71. The smallest absolute Gasteiger partial charge is 0.131 e. The van der Waals surface area contributed by atoms with Crippen LogP contribution in [0.3, 0.4) is 0 Å². The van der Waals surface area contributed by atoms with E-state index in [0.29, 0.717) is 6.61 Å². The molecule has 0 radical (unpaired) electrons. The maximum Gasteiger partial charge on any atom is 0.131 e. The molecule has 4 heteroatoms. The van der Waals surface area contributed by atoms with Gasteiger partial charge in [-0.05, 0) is 43.0 Å². The number of nitrogens with zero attached hydrogens (tertiary/aromatic N) is 1. The highest BCUT2D eigenvalue weighted by Gasteiger charge is 2.20. The number of fused-ring (bicyclic) bond motifs is 1. The Bertz CT molecular complexity index is 565. The summed E-state index contributed by atoms with van der Waals surface area (Å²) in [5, 5.41) is 12.8. The molecule has 18 heavy (non-hydrogen) atoms. The van der Waals surface area contributed by atoms with Crippen LogP contribution in [0.4, 0.5) is 0 Å². The number of benzene rings is 1. The van der Waals surface area contributed by atoms with Crippen molar-refractivity contribution < 1.29 is 9.84 Å². The lowest BCUT2D eigenvalue weighted by Gasteiger charge is -2.08. The maximum atomic E-state index is 9.73. The molecule has 0 fully saturated rings. The van der Waals surface area contributed by atoms with Crippen molar-refractivity contribution in [3.05, 3.63) is 45.4 Å². The fourth-order valence-electron chi connectivity index (χ4n) is 2.29. The lowest BCUT2D eigenvalue weighted by molar-refractivity contribution is 0.180. The Morgan fingerprint density at radius 3 is 3.17 bits per heavy atom.